The van der Waals surface area contributed by atoms with Crippen molar-refractivity contribution in [3.8, 4) is 0 Å². The molecule has 2 saturated heterocycles. The molecule has 1 aromatic carbocycles. The molecule has 0 aromatic heterocycles. The van der Waals surface area contributed by atoms with Crippen LogP contribution in [0.5, 0.6) is 0 Å². The minimum atomic E-state index is -4.33. The van der Waals surface area contributed by atoms with Crippen LogP contribution in [-0.2, 0) is 11.0 Å². The molecule has 6 heteroatoms. The summed E-state index contributed by atoms with van der Waals surface area (Å²) in [7, 11) is 2.27. The predicted octanol–water partition coefficient (Wildman–Crippen LogP) is 5.03. The topological polar surface area (TPSA) is 32.3 Å². The van der Waals surface area contributed by atoms with Crippen molar-refractivity contribution in [3.63, 3.8) is 0 Å². The number of fused-ring (bicyclic) bond motifs is 2. The molecule has 1 N–H and O–H groups in total. The fourth-order valence-corrected chi connectivity index (χ4v) is 4.39. The van der Waals surface area contributed by atoms with Gasteiger partial charge in [-0.05, 0) is 74.8 Å². The number of carbonyl (C=O) groups is 1. The first-order chi connectivity index (χ1) is 12.3. The number of piperidine rings is 1. The standard InChI is InChI=1S/C12H12F3NO.C8H15N/c13-12(14,15)11-5-4-9(16-7-17)6-10(11)8-2-1-3-8;1-6-3-7-5-8(4-6)9(7)2/h4-8H,1-3H2,(H,16,17);6-8H,3-5H2,1-2H3. The largest absolute Gasteiger partial charge is 0.416 e. The van der Waals surface area contributed by atoms with Crippen LogP contribution in [0.3, 0.4) is 0 Å². The third kappa shape index (κ3) is 4.05. The average molecular weight is 368 g/mol. The number of amides is 1. The summed E-state index contributed by atoms with van der Waals surface area (Å²) in [6, 6.07) is 5.66. The third-order valence-corrected chi connectivity index (χ3v) is 6.17. The van der Waals surface area contributed by atoms with E-state index < -0.39 is 11.7 Å². The van der Waals surface area contributed by atoms with E-state index in [9.17, 15) is 18.0 Å². The van der Waals surface area contributed by atoms with Crippen molar-refractivity contribution in [3.05, 3.63) is 29.3 Å². The van der Waals surface area contributed by atoms with Gasteiger partial charge in [-0.15, -0.1) is 0 Å². The molecule has 0 radical (unpaired) electrons. The lowest BCUT2D eigenvalue weighted by atomic mass is 9.75. The van der Waals surface area contributed by atoms with Crippen LogP contribution in [0.1, 0.15) is 62.5 Å². The quantitative estimate of drug-likeness (QED) is 0.759. The Balaban J connectivity index is 0.000000181. The molecule has 2 aliphatic heterocycles. The van der Waals surface area contributed by atoms with Gasteiger partial charge in [-0.25, -0.2) is 0 Å². The Labute approximate surface area is 152 Å². The Morgan fingerprint density at radius 1 is 1.15 bits per heavy atom. The molecule has 26 heavy (non-hydrogen) atoms. The van der Waals surface area contributed by atoms with Gasteiger partial charge >= 0.3 is 6.18 Å². The first-order valence-electron chi connectivity index (χ1n) is 9.42. The zero-order valence-corrected chi connectivity index (χ0v) is 15.4. The highest BCUT2D eigenvalue weighted by molar-refractivity contribution is 5.72. The highest BCUT2D eigenvalue weighted by Crippen LogP contribution is 2.44. The van der Waals surface area contributed by atoms with E-state index in [4.69, 9.17) is 0 Å². The highest BCUT2D eigenvalue weighted by atomic mass is 19.4. The van der Waals surface area contributed by atoms with E-state index in [1.807, 2.05) is 0 Å². The number of alkyl halides is 3. The molecule has 2 unspecified atom stereocenters. The zero-order valence-electron chi connectivity index (χ0n) is 15.4. The maximum absolute atomic E-state index is 12.8. The van der Waals surface area contributed by atoms with Crippen LogP contribution < -0.4 is 5.32 Å². The van der Waals surface area contributed by atoms with Crippen molar-refractivity contribution in [1.82, 2.24) is 4.90 Å². The maximum atomic E-state index is 12.8. The van der Waals surface area contributed by atoms with E-state index in [0.717, 1.165) is 43.3 Å². The molecule has 144 valence electrons. The van der Waals surface area contributed by atoms with E-state index >= 15 is 0 Å². The summed E-state index contributed by atoms with van der Waals surface area (Å²) in [6.45, 7) is 2.38. The van der Waals surface area contributed by atoms with E-state index in [1.165, 1.54) is 31.4 Å². The lowest BCUT2D eigenvalue weighted by molar-refractivity contribution is -0.138. The van der Waals surface area contributed by atoms with Gasteiger partial charge in [-0.3, -0.25) is 4.79 Å². The molecule has 2 heterocycles. The molecule has 4 aliphatic rings. The molecular formula is C20H27F3N2O. The van der Waals surface area contributed by atoms with Gasteiger partial charge in [-0.2, -0.15) is 13.2 Å². The van der Waals surface area contributed by atoms with Crippen molar-refractivity contribution < 1.29 is 18.0 Å². The Morgan fingerprint density at radius 3 is 2.23 bits per heavy atom. The van der Waals surface area contributed by atoms with Crippen molar-refractivity contribution in [2.45, 2.75) is 69.6 Å². The highest BCUT2D eigenvalue weighted by Gasteiger charge is 2.41. The summed E-state index contributed by atoms with van der Waals surface area (Å²) in [5.41, 5.74) is 0.129. The van der Waals surface area contributed by atoms with Crippen LogP contribution in [-0.4, -0.2) is 30.4 Å². The van der Waals surface area contributed by atoms with Crippen LogP contribution in [0.15, 0.2) is 18.2 Å². The van der Waals surface area contributed by atoms with E-state index in [2.05, 4.69) is 24.2 Å². The van der Waals surface area contributed by atoms with Crippen LogP contribution in [0.4, 0.5) is 18.9 Å². The summed E-state index contributed by atoms with van der Waals surface area (Å²) in [4.78, 5) is 12.8. The van der Waals surface area contributed by atoms with Gasteiger partial charge < -0.3 is 10.2 Å². The van der Waals surface area contributed by atoms with Gasteiger partial charge in [0.15, 0.2) is 0 Å². The van der Waals surface area contributed by atoms with E-state index in [1.54, 1.807) is 0 Å². The second-order valence-corrected chi connectivity index (χ2v) is 7.98. The lowest BCUT2D eigenvalue weighted by Gasteiger charge is -2.53. The lowest BCUT2D eigenvalue weighted by Crippen LogP contribution is -2.58. The van der Waals surface area contributed by atoms with Crippen LogP contribution in [0, 0.1) is 5.92 Å². The zero-order chi connectivity index (χ0) is 18.9. The summed E-state index contributed by atoms with van der Waals surface area (Å²) < 4.78 is 38.4. The van der Waals surface area contributed by atoms with Gasteiger partial charge in [0.05, 0.1) is 5.56 Å². The number of hydrogen-bond acceptors (Lipinski definition) is 2. The van der Waals surface area contributed by atoms with Crippen LogP contribution in [0.25, 0.3) is 0 Å². The Kier molecular flexibility index (Phi) is 5.61. The SMILES string of the molecule is CC1CC2CC(C1)N2C.O=CNc1ccc(C(F)(F)F)c(C2CCC2)c1. The molecule has 1 aromatic rings. The fraction of sp³-hybridized carbons (Fsp3) is 0.650. The Bertz CT molecular complexity index is 630. The summed E-state index contributed by atoms with van der Waals surface area (Å²) in [5, 5.41) is 2.38. The fourth-order valence-electron chi connectivity index (χ4n) is 4.39. The number of rotatable bonds is 3. The number of benzene rings is 1. The normalized spacial score (nSPS) is 28.3. The van der Waals surface area contributed by atoms with Gasteiger partial charge in [0.2, 0.25) is 6.41 Å². The first-order valence-corrected chi connectivity index (χ1v) is 9.42. The average Bonchev–Trinajstić information content (AvgIpc) is 2.53. The van der Waals surface area contributed by atoms with Crippen LogP contribution in [0.2, 0.25) is 0 Å². The maximum Gasteiger partial charge on any atom is 0.416 e. The van der Waals surface area contributed by atoms with Crippen molar-refractivity contribution in [1.29, 1.82) is 0 Å². The molecule has 2 atom stereocenters. The molecular weight excluding hydrogens is 341 g/mol. The number of nitrogens with zero attached hydrogens (tertiary/aromatic N) is 1. The van der Waals surface area contributed by atoms with Gasteiger partial charge in [0.25, 0.3) is 0 Å². The van der Waals surface area contributed by atoms with Gasteiger partial charge in [-0.1, -0.05) is 13.3 Å². The van der Waals surface area contributed by atoms with E-state index in [-0.39, 0.29) is 5.92 Å². The minimum Gasteiger partial charge on any atom is -0.329 e. The van der Waals surface area contributed by atoms with Gasteiger partial charge in [0, 0.05) is 17.8 Å². The van der Waals surface area contributed by atoms with Crippen molar-refractivity contribution in [2.75, 3.05) is 12.4 Å². The number of halogens is 3. The van der Waals surface area contributed by atoms with Gasteiger partial charge in [0.1, 0.15) is 0 Å². The molecule has 2 bridgehead atoms. The molecule has 1 amide bonds. The summed E-state index contributed by atoms with van der Waals surface area (Å²) in [5.74, 6) is 0.977. The summed E-state index contributed by atoms with van der Waals surface area (Å²) >= 11 is 0. The molecule has 5 rings (SSSR count). The number of anilines is 1. The van der Waals surface area contributed by atoms with Crippen molar-refractivity contribution >= 4 is 12.1 Å². The van der Waals surface area contributed by atoms with E-state index in [0.29, 0.717) is 17.7 Å². The monoisotopic (exact) mass is 368 g/mol. The first kappa shape index (κ1) is 19.2. The second-order valence-electron chi connectivity index (χ2n) is 7.98. The predicted molar refractivity (Wildman–Crippen MR) is 96.1 cm³/mol. The minimum absolute atomic E-state index is 0.0278. The number of hydrogen-bond donors (Lipinski definition) is 1. The van der Waals surface area contributed by atoms with Crippen LogP contribution >= 0.6 is 0 Å². The molecule has 2 saturated carbocycles. The molecule has 0 spiro atoms. The number of carbonyl (C=O) groups excluding carboxylic acids is 1. The molecule has 4 fully saturated rings. The Morgan fingerprint density at radius 2 is 1.81 bits per heavy atom. The second kappa shape index (κ2) is 7.59. The molecule has 2 aliphatic carbocycles. The molecule has 3 nitrogen and oxygen atoms in total. The van der Waals surface area contributed by atoms with Crippen molar-refractivity contribution in [2.24, 2.45) is 5.92 Å². The number of nitrogens with one attached hydrogen (secondary N) is 1. The summed E-state index contributed by atoms with van der Waals surface area (Å²) in [6.07, 6.45) is 3.06. The smallest absolute Gasteiger partial charge is 0.329 e. The Hall–Kier alpha value is -1.56. The third-order valence-electron chi connectivity index (χ3n) is 6.17.